The van der Waals surface area contributed by atoms with E-state index in [0.717, 1.165) is 51.2 Å². The van der Waals surface area contributed by atoms with Gasteiger partial charge >= 0.3 is 18.0 Å². The number of ketones is 1. The molecule has 10 rings (SSSR count). The van der Waals surface area contributed by atoms with Crippen molar-refractivity contribution >= 4 is 59.1 Å². The lowest BCUT2D eigenvalue weighted by Gasteiger charge is -2.59. The van der Waals surface area contributed by atoms with Crippen molar-refractivity contribution in [2.24, 2.45) is 50.6 Å². The van der Waals surface area contributed by atoms with E-state index in [0.29, 0.717) is 141 Å². The summed E-state index contributed by atoms with van der Waals surface area (Å²) in [6, 6.07) is -0.739. The Hall–Kier alpha value is -5.89. The third-order valence-electron chi connectivity index (χ3n) is 24.5. The summed E-state index contributed by atoms with van der Waals surface area (Å²) in [6.07, 6.45) is 0.674. The quantitative estimate of drug-likeness (QED) is 0.0191. The number of urea groups is 1. The largest absolute Gasteiger partial charge is 0.457 e. The number of fused-ring (bicyclic) bond motifs is 6. The van der Waals surface area contributed by atoms with Crippen molar-refractivity contribution in [3.63, 3.8) is 0 Å². The molecule has 6 amide bonds. The fraction of sp³-hybridized carbons (Fsp3) is 0.844. The molecule has 1 aromatic rings. The molecule has 3 saturated carbocycles. The monoisotopic (exact) mass is 1590 g/mol. The van der Waals surface area contributed by atoms with Crippen LogP contribution in [0.1, 0.15) is 195 Å². The van der Waals surface area contributed by atoms with E-state index in [-0.39, 0.29) is 110 Å². The number of unbranched alkanes of at least 4 members (excludes halogenated alkanes) is 2. The van der Waals surface area contributed by atoms with Crippen LogP contribution in [0.15, 0.2) is 28.1 Å². The summed E-state index contributed by atoms with van der Waals surface area (Å²) >= 11 is 1.87. The molecule has 9 aliphatic rings. The molecule has 11 N–H and O–H groups in total. The first-order valence-corrected chi connectivity index (χ1v) is 41.6. The Bertz CT molecular complexity index is 3350. The van der Waals surface area contributed by atoms with Gasteiger partial charge in [-0.25, -0.2) is 9.48 Å². The number of amides is 6. The zero-order valence-corrected chi connectivity index (χ0v) is 66.5. The highest BCUT2D eigenvalue weighted by molar-refractivity contribution is 8.00. The van der Waals surface area contributed by atoms with E-state index in [1.54, 1.807) is 17.8 Å². The SMILES string of the molecule is CC(=O)O[C@H]1[C@H](O[C@H]2C[C@H]3[C@@H]4CC=C5C[C@@H](O)CC[C@]5(C)[C@H]4CC[C@]3(C)[C@@]2(O)[C@H](C)C(=O)CCC(C)C)OC[C@H](O)[C@@H]1O[C@@H]1OC[C@@H](OC(=O)CCCC(=O)N[C@@H](CCCCNC(=O)CCCC2(C)N=N2)C(=O)NCc2cn(CCOCCOCCOCCNC(=O)CCCC[C@@H]3SC[C@@H]4NC(=O)N[C@@H]43)nn2)[C@H](O)[C@H]1O. The average molecular weight is 1590 g/mol. The number of allylic oxidation sites excluding steroid dienone is 1. The third-order valence-corrected chi connectivity index (χ3v) is 26.0. The van der Waals surface area contributed by atoms with Crippen molar-refractivity contribution in [2.75, 3.05) is 71.7 Å². The van der Waals surface area contributed by atoms with E-state index in [4.69, 9.17) is 42.6 Å². The second kappa shape index (κ2) is 40.6. The average Bonchev–Trinajstić information content (AvgIpc) is 1.56. The minimum atomic E-state index is -1.89. The number of hydrogen-bond acceptors (Lipinski definition) is 27. The zero-order chi connectivity index (χ0) is 79.6. The third kappa shape index (κ3) is 23.2. The molecule has 0 spiro atoms. The van der Waals surface area contributed by atoms with Gasteiger partial charge in [0.25, 0.3) is 0 Å². The fourth-order valence-electron chi connectivity index (χ4n) is 18.0. The lowest BCUT2D eigenvalue weighted by atomic mass is 9.46. The first-order chi connectivity index (χ1) is 53.1. The van der Waals surface area contributed by atoms with Gasteiger partial charge in [-0.15, -0.1) is 5.10 Å². The molecular weight excluding hydrogens is 1460 g/mol. The molecule has 0 radical (unpaired) electrons. The number of nitrogens with zero attached hydrogens (tertiary/aromatic N) is 5. The van der Waals surface area contributed by atoms with Crippen LogP contribution in [0.3, 0.4) is 0 Å². The molecule has 1 aromatic heterocycles. The Morgan fingerprint density at radius 3 is 2.21 bits per heavy atom. The summed E-state index contributed by atoms with van der Waals surface area (Å²) in [5.74, 6) is -2.34. The number of carbonyl (C=O) groups is 8. The van der Waals surface area contributed by atoms with Crippen LogP contribution in [-0.4, -0.2) is 256 Å². The van der Waals surface area contributed by atoms with Crippen LogP contribution >= 0.6 is 11.8 Å². The van der Waals surface area contributed by atoms with Crippen molar-refractivity contribution in [3.05, 3.63) is 23.5 Å². The number of nitrogens with one attached hydrogen (secondary N) is 6. The van der Waals surface area contributed by atoms with Gasteiger partial charge in [0, 0.05) is 74.5 Å². The highest BCUT2D eigenvalue weighted by Gasteiger charge is 2.71. The van der Waals surface area contributed by atoms with Gasteiger partial charge in [0.2, 0.25) is 23.6 Å². The van der Waals surface area contributed by atoms with Crippen molar-refractivity contribution in [3.8, 4) is 0 Å². The molecule has 0 aromatic carbocycles. The molecule has 0 bridgehead atoms. The minimum absolute atomic E-state index is 0.0117. The lowest BCUT2D eigenvalue weighted by Crippen LogP contribution is -2.64. The Morgan fingerprint density at radius 1 is 0.739 bits per heavy atom. The van der Waals surface area contributed by atoms with Crippen molar-refractivity contribution in [1.82, 2.24) is 46.9 Å². The first-order valence-electron chi connectivity index (χ1n) is 40.5. The Labute approximate surface area is 654 Å². The molecule has 111 heavy (non-hydrogen) atoms. The van der Waals surface area contributed by atoms with Crippen LogP contribution < -0.4 is 31.9 Å². The van der Waals surface area contributed by atoms with Crippen LogP contribution in [-0.2, 0) is 89.3 Å². The molecule has 4 aliphatic carbocycles. The van der Waals surface area contributed by atoms with Gasteiger partial charge in [0.05, 0.1) is 96.4 Å². The van der Waals surface area contributed by atoms with Crippen LogP contribution in [0.4, 0.5) is 4.79 Å². The summed E-state index contributed by atoms with van der Waals surface area (Å²) in [4.78, 5) is 104. The van der Waals surface area contributed by atoms with Crippen LogP contribution in [0.5, 0.6) is 0 Å². The number of esters is 2. The van der Waals surface area contributed by atoms with Gasteiger partial charge in [-0.05, 0) is 139 Å². The van der Waals surface area contributed by atoms with Crippen LogP contribution in [0, 0.1) is 40.4 Å². The van der Waals surface area contributed by atoms with E-state index in [1.165, 1.54) is 5.57 Å². The van der Waals surface area contributed by atoms with Gasteiger partial charge in [-0.1, -0.05) is 57.9 Å². The predicted octanol–water partition coefficient (Wildman–Crippen LogP) is 3.80. The molecule has 0 unspecified atom stereocenters. The van der Waals surface area contributed by atoms with E-state index >= 15 is 0 Å². The standard InChI is InChI=1S/C77H123N11O22S/c1-45(2)20-23-56(91)46(3)77(101)60(39-53-51-22-21-48-38-50(90)24-27-74(48,5)52(51)25-28-75(53,77)6)109-72-69(107-47(4)89)68(57(92)42-105-72)110-71-67(98)66(97)58(43-106-71)108-64(96)19-12-17-63(95)81-54(14-10-11-29-78-62(94)18-13-26-76(7)85-86-76)70(99)80-40-49-41-88(87-84-49)31-33-103-35-37-104-36-34-102-32-30-79-61(93)16-9-8-15-59-65-55(44-111-59)82-73(100)83-65/h21,41,45-46,50-55,57-60,65-69,71-72,90,92,97-98,101H,8-20,22-40,42-44H2,1-7H3,(H,78,94)(H,79,93)(H,80,99)(H,81,95)(H2,82,83,100)/t46-,50+,51-,52+,53+,54+,55+,57+,58-,59+,60+,65+,66+,67-,68+,69-,71+,72+,74+,75+,77-/m1/s1. The summed E-state index contributed by atoms with van der Waals surface area (Å²) < 4.78 is 55.0. The molecule has 5 aliphatic heterocycles. The number of aliphatic hydroxyl groups is 5. The predicted molar refractivity (Wildman–Crippen MR) is 400 cm³/mol. The number of thioether (sulfide) groups is 1. The van der Waals surface area contributed by atoms with Gasteiger partial charge in [0.15, 0.2) is 30.5 Å². The minimum Gasteiger partial charge on any atom is -0.457 e. The van der Waals surface area contributed by atoms with Gasteiger partial charge in [0.1, 0.15) is 47.5 Å². The number of ether oxygens (including phenoxy) is 9. The maximum Gasteiger partial charge on any atom is 0.315 e. The van der Waals surface area contributed by atoms with Gasteiger partial charge < -0.3 is 100 Å². The van der Waals surface area contributed by atoms with Crippen LogP contribution in [0.25, 0.3) is 0 Å². The maximum atomic E-state index is 14.3. The Morgan fingerprint density at radius 2 is 1.46 bits per heavy atom. The topological polar surface area (TPSA) is 448 Å². The molecular formula is C77H123N11O22S. The summed E-state index contributed by atoms with van der Waals surface area (Å²) in [5.41, 5.74) is -1.33. The molecule has 4 saturated heterocycles. The second-order valence-electron chi connectivity index (χ2n) is 32.9. The van der Waals surface area contributed by atoms with Crippen LogP contribution in [0.2, 0.25) is 0 Å². The second-order valence-corrected chi connectivity index (χ2v) is 34.2. The van der Waals surface area contributed by atoms with Gasteiger partial charge in [-0.3, -0.25) is 33.6 Å². The number of aliphatic hydroxyl groups excluding tert-OH is 4. The summed E-state index contributed by atoms with van der Waals surface area (Å²) in [6.45, 7) is 15.5. The molecule has 34 heteroatoms. The maximum absolute atomic E-state index is 14.3. The summed E-state index contributed by atoms with van der Waals surface area (Å²) in [5, 5.41) is 92.8. The molecule has 624 valence electrons. The Balaban J connectivity index is 0.645. The number of carbonyl (C=O) groups excluding carboxylic acids is 8. The molecule has 33 nitrogen and oxygen atoms in total. The molecule has 7 fully saturated rings. The highest BCUT2D eigenvalue weighted by atomic mass is 32.2. The normalized spacial score (nSPS) is 32.8. The number of Topliss-reactive ketones (excluding diaryl/α,β-unsaturated/α-hetero) is 1. The van der Waals surface area contributed by atoms with E-state index in [2.05, 4.69) is 72.4 Å². The fourth-order valence-corrected chi connectivity index (χ4v) is 19.6. The van der Waals surface area contributed by atoms with Gasteiger partial charge in [-0.2, -0.15) is 22.0 Å². The number of aromatic nitrogens is 3. The van der Waals surface area contributed by atoms with E-state index in [1.807, 2.05) is 32.5 Å². The van der Waals surface area contributed by atoms with Crippen molar-refractivity contribution in [1.29, 1.82) is 0 Å². The molecule has 6 heterocycles. The number of rotatable bonds is 45. The Kier molecular flexibility index (Phi) is 32.0. The first kappa shape index (κ1) is 87.5. The van der Waals surface area contributed by atoms with E-state index in [9.17, 15) is 63.9 Å². The summed E-state index contributed by atoms with van der Waals surface area (Å²) in [7, 11) is 0. The van der Waals surface area contributed by atoms with Crippen molar-refractivity contribution in [2.45, 2.75) is 299 Å². The smallest absolute Gasteiger partial charge is 0.315 e. The van der Waals surface area contributed by atoms with Crippen molar-refractivity contribution < 1.29 is 107 Å². The lowest BCUT2D eigenvalue weighted by molar-refractivity contribution is -0.346. The zero-order valence-electron chi connectivity index (χ0n) is 65.7. The van der Waals surface area contributed by atoms with E-state index < -0.39 is 121 Å². The highest BCUT2D eigenvalue weighted by Crippen LogP contribution is 2.69. The molecule has 21 atom stereocenters. The number of hydrogen-bond donors (Lipinski definition) is 11.